The van der Waals surface area contributed by atoms with Gasteiger partial charge in [0, 0.05) is 6.04 Å². The molecule has 0 spiro atoms. The quantitative estimate of drug-likeness (QED) is 0.838. The van der Waals surface area contributed by atoms with E-state index in [0.29, 0.717) is 12.1 Å². The fourth-order valence-corrected chi connectivity index (χ4v) is 2.38. The maximum Gasteiger partial charge on any atom is 0.165 e. The minimum atomic E-state index is 0.347. The molecule has 0 aliphatic heterocycles. The highest BCUT2D eigenvalue weighted by atomic mass is 15.6. The molecule has 1 aromatic heterocycles. The number of aryl methyl sites for hydroxylation is 1. The number of tetrazole rings is 1. The molecule has 20 heavy (non-hydrogen) atoms. The summed E-state index contributed by atoms with van der Waals surface area (Å²) in [7, 11) is 2.12. The third kappa shape index (κ3) is 2.72. The molecule has 0 radical (unpaired) electrons. The van der Waals surface area contributed by atoms with Gasteiger partial charge < -0.3 is 0 Å². The molecule has 0 saturated heterocycles. The van der Waals surface area contributed by atoms with Gasteiger partial charge in [0.2, 0.25) is 0 Å². The third-order valence-corrected chi connectivity index (χ3v) is 4.07. The molecular formula is C15H21N5. The van der Waals surface area contributed by atoms with E-state index in [1.54, 1.807) is 0 Å². The number of benzene rings is 1. The minimum Gasteiger partial charge on any atom is -0.292 e. The molecule has 2 aromatic rings. The first-order chi connectivity index (χ1) is 9.65. The second-order valence-corrected chi connectivity index (χ2v) is 5.77. The molecule has 1 unspecified atom stereocenters. The number of rotatable bonds is 5. The van der Waals surface area contributed by atoms with Crippen molar-refractivity contribution in [2.45, 2.75) is 45.3 Å². The molecule has 1 aliphatic carbocycles. The summed E-state index contributed by atoms with van der Waals surface area (Å²) in [5.41, 5.74) is 2.62. The van der Waals surface area contributed by atoms with Gasteiger partial charge in [-0.05, 0) is 49.7 Å². The molecular weight excluding hydrogens is 250 g/mol. The van der Waals surface area contributed by atoms with Crippen LogP contribution in [0.5, 0.6) is 0 Å². The van der Waals surface area contributed by atoms with E-state index in [1.165, 1.54) is 24.0 Å². The van der Waals surface area contributed by atoms with Crippen molar-refractivity contribution in [2.24, 2.45) is 0 Å². The van der Waals surface area contributed by atoms with Crippen LogP contribution in [-0.2, 0) is 6.54 Å². The van der Waals surface area contributed by atoms with Crippen molar-refractivity contribution in [3.05, 3.63) is 41.2 Å². The first-order valence-electron chi connectivity index (χ1n) is 7.18. The van der Waals surface area contributed by atoms with E-state index in [1.807, 2.05) is 4.68 Å². The van der Waals surface area contributed by atoms with Crippen molar-refractivity contribution in [3.8, 4) is 0 Å². The van der Waals surface area contributed by atoms with Crippen molar-refractivity contribution in [1.82, 2.24) is 25.1 Å². The summed E-state index contributed by atoms with van der Waals surface area (Å²) in [6, 6.07) is 9.59. The van der Waals surface area contributed by atoms with Crippen LogP contribution in [0.15, 0.2) is 24.3 Å². The van der Waals surface area contributed by atoms with Crippen LogP contribution >= 0.6 is 0 Å². The zero-order valence-corrected chi connectivity index (χ0v) is 12.3. The zero-order chi connectivity index (χ0) is 14.1. The van der Waals surface area contributed by atoms with E-state index >= 15 is 0 Å². The second-order valence-electron chi connectivity index (χ2n) is 5.77. The Bertz CT molecular complexity index is 570. The Kier molecular flexibility index (Phi) is 3.53. The molecule has 1 aromatic carbocycles. The van der Waals surface area contributed by atoms with E-state index in [2.05, 4.69) is 65.6 Å². The lowest BCUT2D eigenvalue weighted by molar-refractivity contribution is 0.241. The first kappa shape index (κ1) is 13.2. The van der Waals surface area contributed by atoms with Gasteiger partial charge in [-0.1, -0.05) is 29.8 Å². The number of nitrogens with zero attached hydrogens (tertiary/aromatic N) is 5. The van der Waals surface area contributed by atoms with Gasteiger partial charge in [0.05, 0.1) is 12.6 Å². The fraction of sp³-hybridized carbons (Fsp3) is 0.533. The maximum absolute atomic E-state index is 4.17. The summed E-state index contributed by atoms with van der Waals surface area (Å²) in [5.74, 6) is 0.967. The van der Waals surface area contributed by atoms with Gasteiger partial charge in [-0.25, -0.2) is 4.68 Å². The predicted molar refractivity (Wildman–Crippen MR) is 77.1 cm³/mol. The summed E-state index contributed by atoms with van der Waals surface area (Å²) in [6.45, 7) is 5.11. The Morgan fingerprint density at radius 1 is 1.30 bits per heavy atom. The number of hydrogen-bond donors (Lipinski definition) is 0. The summed E-state index contributed by atoms with van der Waals surface area (Å²) in [6.07, 6.45) is 2.41. The molecule has 0 N–H and O–H groups in total. The van der Waals surface area contributed by atoms with Crippen molar-refractivity contribution >= 4 is 0 Å². The van der Waals surface area contributed by atoms with Crippen LogP contribution in [0.3, 0.4) is 0 Å². The van der Waals surface area contributed by atoms with Gasteiger partial charge in [-0.15, -0.1) is 5.10 Å². The molecule has 0 bridgehead atoms. The summed E-state index contributed by atoms with van der Waals surface area (Å²) in [5, 5.41) is 12.1. The predicted octanol–water partition coefficient (Wildman–Crippen LogP) is 2.51. The zero-order valence-electron chi connectivity index (χ0n) is 12.3. The standard InChI is InChI=1S/C15H21N5/c1-11-4-6-13(7-5-11)12(2)19(3)10-15-16-17-18-20(15)14-8-9-14/h4-7,12,14H,8-10H2,1-3H3. The highest BCUT2D eigenvalue weighted by molar-refractivity contribution is 5.23. The van der Waals surface area contributed by atoms with Crippen LogP contribution in [-0.4, -0.2) is 32.2 Å². The lowest BCUT2D eigenvalue weighted by Crippen LogP contribution is -2.24. The number of aromatic nitrogens is 4. The largest absolute Gasteiger partial charge is 0.292 e. The Labute approximate surface area is 119 Å². The molecule has 106 valence electrons. The molecule has 1 heterocycles. The van der Waals surface area contributed by atoms with E-state index in [-0.39, 0.29) is 0 Å². The summed E-state index contributed by atoms with van der Waals surface area (Å²) >= 11 is 0. The highest BCUT2D eigenvalue weighted by Crippen LogP contribution is 2.34. The van der Waals surface area contributed by atoms with Crippen molar-refractivity contribution < 1.29 is 0 Å². The van der Waals surface area contributed by atoms with Crippen molar-refractivity contribution in [3.63, 3.8) is 0 Å². The van der Waals surface area contributed by atoms with Crippen molar-refractivity contribution in [1.29, 1.82) is 0 Å². The summed E-state index contributed by atoms with van der Waals surface area (Å²) < 4.78 is 1.98. The molecule has 1 aliphatic rings. The highest BCUT2D eigenvalue weighted by Gasteiger charge is 2.28. The molecule has 5 heteroatoms. The number of hydrogen-bond acceptors (Lipinski definition) is 4. The van der Waals surface area contributed by atoms with Crippen molar-refractivity contribution in [2.75, 3.05) is 7.05 Å². The van der Waals surface area contributed by atoms with Gasteiger partial charge in [-0.2, -0.15) is 0 Å². The van der Waals surface area contributed by atoms with Gasteiger partial charge >= 0.3 is 0 Å². The van der Waals surface area contributed by atoms with Crippen LogP contribution in [0.4, 0.5) is 0 Å². The minimum absolute atomic E-state index is 0.347. The van der Waals surface area contributed by atoms with Crippen LogP contribution in [0.2, 0.25) is 0 Å². The third-order valence-electron chi connectivity index (χ3n) is 4.07. The van der Waals surface area contributed by atoms with E-state index in [4.69, 9.17) is 0 Å². The molecule has 5 nitrogen and oxygen atoms in total. The lowest BCUT2D eigenvalue weighted by atomic mass is 10.1. The van der Waals surface area contributed by atoms with E-state index in [9.17, 15) is 0 Å². The molecule has 3 rings (SSSR count). The fourth-order valence-electron chi connectivity index (χ4n) is 2.38. The monoisotopic (exact) mass is 271 g/mol. The lowest BCUT2D eigenvalue weighted by Gasteiger charge is -2.24. The SMILES string of the molecule is Cc1ccc(C(C)N(C)Cc2nnnn2C2CC2)cc1. The molecule has 1 saturated carbocycles. The summed E-state index contributed by atoms with van der Waals surface area (Å²) in [4.78, 5) is 2.29. The first-order valence-corrected chi connectivity index (χ1v) is 7.18. The smallest absolute Gasteiger partial charge is 0.165 e. The Morgan fingerprint density at radius 3 is 2.65 bits per heavy atom. The Balaban J connectivity index is 1.70. The van der Waals surface area contributed by atoms with Crippen LogP contribution in [0.25, 0.3) is 0 Å². The normalized spacial score (nSPS) is 16.6. The van der Waals surface area contributed by atoms with Gasteiger partial charge in [0.25, 0.3) is 0 Å². The Hall–Kier alpha value is -1.75. The maximum atomic E-state index is 4.17. The molecule has 0 amide bonds. The van der Waals surface area contributed by atoms with E-state index in [0.717, 1.165) is 12.4 Å². The van der Waals surface area contributed by atoms with E-state index < -0.39 is 0 Å². The van der Waals surface area contributed by atoms with Gasteiger partial charge in [0.1, 0.15) is 0 Å². The van der Waals surface area contributed by atoms with Crippen LogP contribution < -0.4 is 0 Å². The van der Waals surface area contributed by atoms with Gasteiger partial charge in [0.15, 0.2) is 5.82 Å². The van der Waals surface area contributed by atoms with Crippen LogP contribution in [0.1, 0.15) is 48.8 Å². The molecule has 1 atom stereocenters. The second kappa shape index (κ2) is 5.32. The topological polar surface area (TPSA) is 46.8 Å². The van der Waals surface area contributed by atoms with Gasteiger partial charge in [-0.3, -0.25) is 4.90 Å². The average Bonchev–Trinajstić information content (AvgIpc) is 3.19. The van der Waals surface area contributed by atoms with Crippen LogP contribution in [0, 0.1) is 6.92 Å². The molecule has 1 fully saturated rings. The Morgan fingerprint density at radius 2 is 2.00 bits per heavy atom. The average molecular weight is 271 g/mol.